The summed E-state index contributed by atoms with van der Waals surface area (Å²) in [6.07, 6.45) is 5.53. The van der Waals surface area contributed by atoms with Crippen molar-refractivity contribution in [2.24, 2.45) is 0 Å². The van der Waals surface area contributed by atoms with Crippen molar-refractivity contribution in [2.45, 2.75) is 32.1 Å². The van der Waals surface area contributed by atoms with Crippen LogP contribution in [0.1, 0.15) is 29.5 Å². The largest absolute Gasteiger partial charge is 0.496 e. The third-order valence-electron chi connectivity index (χ3n) is 3.15. The Bertz CT molecular complexity index is 345. The highest BCUT2D eigenvalue weighted by Gasteiger charge is 2.16. The minimum atomic E-state index is 0.190. The molecule has 0 atom stereocenters. The number of methoxy groups -OCH3 is 1. The van der Waals surface area contributed by atoms with E-state index in [1.165, 1.54) is 30.4 Å². The molecule has 0 saturated carbocycles. The van der Waals surface area contributed by atoms with Crippen molar-refractivity contribution < 1.29 is 9.84 Å². The maximum absolute atomic E-state index is 8.99. The van der Waals surface area contributed by atoms with Crippen molar-refractivity contribution in [3.8, 4) is 5.75 Å². The smallest absolute Gasteiger partial charge is 0.125 e. The van der Waals surface area contributed by atoms with Gasteiger partial charge < -0.3 is 9.84 Å². The van der Waals surface area contributed by atoms with Crippen LogP contribution < -0.4 is 4.74 Å². The van der Waals surface area contributed by atoms with Gasteiger partial charge in [0.05, 0.1) is 7.11 Å². The number of hydrogen-bond donors (Lipinski definition) is 1. The average molecular weight is 206 g/mol. The number of hydrogen-bond acceptors (Lipinski definition) is 2. The van der Waals surface area contributed by atoms with Crippen LogP contribution in [-0.2, 0) is 19.3 Å². The van der Waals surface area contributed by atoms with Gasteiger partial charge in [0.25, 0.3) is 0 Å². The molecule has 1 aliphatic carbocycles. The first-order chi connectivity index (χ1) is 7.36. The van der Waals surface area contributed by atoms with E-state index in [1.54, 1.807) is 7.11 Å². The first-order valence-corrected chi connectivity index (χ1v) is 5.65. The molecule has 0 spiro atoms. The molecule has 0 amide bonds. The van der Waals surface area contributed by atoms with E-state index in [2.05, 4.69) is 12.1 Å². The fraction of sp³-hybridized carbons (Fsp3) is 0.538. The summed E-state index contributed by atoms with van der Waals surface area (Å²) in [4.78, 5) is 0. The Hall–Kier alpha value is -1.02. The number of aryl methyl sites for hydroxylation is 1. The van der Waals surface area contributed by atoms with Gasteiger partial charge in [-0.2, -0.15) is 0 Å². The predicted octanol–water partition coefficient (Wildman–Crippen LogP) is 2.11. The van der Waals surface area contributed by atoms with Crippen LogP contribution in [-0.4, -0.2) is 18.8 Å². The van der Waals surface area contributed by atoms with Gasteiger partial charge in [-0.15, -0.1) is 0 Å². The van der Waals surface area contributed by atoms with Crippen molar-refractivity contribution in [3.05, 3.63) is 28.8 Å². The molecule has 0 fully saturated rings. The molecule has 82 valence electrons. The van der Waals surface area contributed by atoms with Gasteiger partial charge in [0, 0.05) is 6.61 Å². The number of aliphatic hydroxyl groups excluding tert-OH is 1. The van der Waals surface area contributed by atoms with E-state index < -0.39 is 0 Å². The van der Waals surface area contributed by atoms with Crippen LogP contribution in [0, 0.1) is 0 Å². The maximum atomic E-state index is 8.99. The quantitative estimate of drug-likeness (QED) is 0.820. The molecule has 0 aromatic heterocycles. The molecular formula is C13H18O2. The van der Waals surface area contributed by atoms with E-state index in [0.717, 1.165) is 17.7 Å². The third-order valence-corrected chi connectivity index (χ3v) is 3.15. The summed E-state index contributed by atoms with van der Waals surface area (Å²) in [5, 5.41) is 8.99. The predicted molar refractivity (Wildman–Crippen MR) is 60.4 cm³/mol. The van der Waals surface area contributed by atoms with Crippen molar-refractivity contribution in [3.63, 3.8) is 0 Å². The molecule has 0 unspecified atom stereocenters. The molecule has 2 nitrogen and oxygen atoms in total. The summed E-state index contributed by atoms with van der Waals surface area (Å²) in [7, 11) is 1.73. The van der Waals surface area contributed by atoms with Crippen molar-refractivity contribution in [1.29, 1.82) is 0 Å². The minimum absolute atomic E-state index is 0.190. The number of fused-ring (bicyclic) bond motifs is 1. The van der Waals surface area contributed by atoms with Gasteiger partial charge in [-0.25, -0.2) is 0 Å². The van der Waals surface area contributed by atoms with Gasteiger partial charge in [-0.05, 0) is 48.8 Å². The molecule has 1 aromatic rings. The summed E-state index contributed by atoms with van der Waals surface area (Å²) in [5.41, 5.74) is 3.94. The van der Waals surface area contributed by atoms with Crippen LogP contribution in [0.2, 0.25) is 0 Å². The summed E-state index contributed by atoms with van der Waals surface area (Å²) < 4.78 is 5.49. The zero-order chi connectivity index (χ0) is 10.7. The number of ether oxygens (including phenoxy) is 1. The lowest BCUT2D eigenvalue weighted by Crippen LogP contribution is -2.07. The molecule has 15 heavy (non-hydrogen) atoms. The van der Waals surface area contributed by atoms with E-state index >= 15 is 0 Å². The molecular weight excluding hydrogens is 188 g/mol. The van der Waals surface area contributed by atoms with Crippen LogP contribution in [0.25, 0.3) is 0 Å². The van der Waals surface area contributed by atoms with Gasteiger partial charge in [-0.3, -0.25) is 0 Å². The van der Waals surface area contributed by atoms with Gasteiger partial charge in [-0.1, -0.05) is 12.1 Å². The Kier molecular flexibility index (Phi) is 3.27. The van der Waals surface area contributed by atoms with Gasteiger partial charge in [0.15, 0.2) is 0 Å². The van der Waals surface area contributed by atoms with Crippen LogP contribution in [0.5, 0.6) is 5.75 Å². The Balaban J connectivity index is 2.42. The number of benzene rings is 1. The standard InChI is InChI=1S/C13H18O2/c1-15-13-11(8-9-14)7-6-10-4-2-3-5-12(10)13/h6-7,14H,2-5,8-9H2,1H3. The first-order valence-electron chi connectivity index (χ1n) is 5.65. The SMILES string of the molecule is COc1c(CCO)ccc2c1CCCC2. The van der Waals surface area contributed by atoms with Crippen LogP contribution >= 0.6 is 0 Å². The highest BCUT2D eigenvalue weighted by molar-refractivity contribution is 5.47. The molecule has 2 heteroatoms. The fourth-order valence-electron chi connectivity index (χ4n) is 2.41. The molecule has 1 aliphatic rings. The van der Waals surface area contributed by atoms with Crippen molar-refractivity contribution in [2.75, 3.05) is 13.7 Å². The summed E-state index contributed by atoms with van der Waals surface area (Å²) in [6, 6.07) is 4.29. The van der Waals surface area contributed by atoms with E-state index in [9.17, 15) is 0 Å². The summed E-state index contributed by atoms with van der Waals surface area (Å²) >= 11 is 0. The van der Waals surface area contributed by atoms with Crippen molar-refractivity contribution >= 4 is 0 Å². The molecule has 2 rings (SSSR count). The van der Waals surface area contributed by atoms with Crippen LogP contribution in [0.4, 0.5) is 0 Å². The van der Waals surface area contributed by atoms with E-state index in [4.69, 9.17) is 9.84 Å². The Morgan fingerprint density at radius 2 is 2.07 bits per heavy atom. The molecule has 0 aliphatic heterocycles. The van der Waals surface area contributed by atoms with Gasteiger partial charge in [0.2, 0.25) is 0 Å². The van der Waals surface area contributed by atoms with Crippen LogP contribution in [0.3, 0.4) is 0 Å². The average Bonchev–Trinajstić information content (AvgIpc) is 2.29. The molecule has 1 N–H and O–H groups in total. The molecule has 0 bridgehead atoms. The molecule has 1 aromatic carbocycles. The number of rotatable bonds is 3. The zero-order valence-electron chi connectivity index (χ0n) is 9.25. The lowest BCUT2D eigenvalue weighted by Gasteiger charge is -2.21. The highest BCUT2D eigenvalue weighted by Crippen LogP contribution is 2.32. The molecule has 0 saturated heterocycles. The highest BCUT2D eigenvalue weighted by atomic mass is 16.5. The normalized spacial score (nSPS) is 14.8. The zero-order valence-corrected chi connectivity index (χ0v) is 9.25. The van der Waals surface area contributed by atoms with Gasteiger partial charge >= 0.3 is 0 Å². The monoisotopic (exact) mass is 206 g/mol. The van der Waals surface area contributed by atoms with Crippen LogP contribution in [0.15, 0.2) is 12.1 Å². The molecule has 0 radical (unpaired) electrons. The first kappa shape index (κ1) is 10.5. The maximum Gasteiger partial charge on any atom is 0.125 e. The molecule has 0 heterocycles. The van der Waals surface area contributed by atoms with E-state index in [0.29, 0.717) is 6.42 Å². The second-order valence-electron chi connectivity index (χ2n) is 4.08. The van der Waals surface area contributed by atoms with Gasteiger partial charge in [0.1, 0.15) is 5.75 Å². The minimum Gasteiger partial charge on any atom is -0.496 e. The van der Waals surface area contributed by atoms with E-state index in [1.807, 2.05) is 0 Å². The van der Waals surface area contributed by atoms with E-state index in [-0.39, 0.29) is 6.61 Å². The lowest BCUT2D eigenvalue weighted by molar-refractivity contribution is 0.296. The Morgan fingerprint density at radius 1 is 1.27 bits per heavy atom. The van der Waals surface area contributed by atoms with Crippen molar-refractivity contribution in [1.82, 2.24) is 0 Å². The Morgan fingerprint density at radius 3 is 2.80 bits per heavy atom. The second-order valence-corrected chi connectivity index (χ2v) is 4.08. The second kappa shape index (κ2) is 4.67. The summed E-state index contributed by atoms with van der Waals surface area (Å²) in [6.45, 7) is 0.190. The fourth-order valence-corrected chi connectivity index (χ4v) is 2.41. The summed E-state index contributed by atoms with van der Waals surface area (Å²) in [5.74, 6) is 1.02. The topological polar surface area (TPSA) is 29.5 Å². The Labute approximate surface area is 90.9 Å². The lowest BCUT2D eigenvalue weighted by atomic mass is 9.89. The number of aliphatic hydroxyl groups is 1. The third kappa shape index (κ3) is 2.00.